The number of amides is 2. The average Bonchev–Trinajstić information content (AvgIpc) is 2.88. The van der Waals surface area contributed by atoms with Gasteiger partial charge in [0.1, 0.15) is 11.6 Å². The van der Waals surface area contributed by atoms with Crippen LogP contribution >= 0.6 is 0 Å². The van der Waals surface area contributed by atoms with E-state index >= 15 is 0 Å². The third-order valence-electron chi connectivity index (χ3n) is 5.74. The molecule has 2 atom stereocenters. The van der Waals surface area contributed by atoms with Crippen LogP contribution in [-0.2, 0) is 22.4 Å². The Labute approximate surface area is 226 Å². The van der Waals surface area contributed by atoms with E-state index in [2.05, 4.69) is 10.6 Å². The second-order valence-corrected chi connectivity index (χ2v) is 9.44. The number of carbonyl (C=O) groups excluding carboxylic acids is 2. The number of alkyl halides is 3. The number of hydrogen-bond donors (Lipinski definition) is 4. The summed E-state index contributed by atoms with van der Waals surface area (Å²) in [6.07, 6.45) is -3.21. The summed E-state index contributed by atoms with van der Waals surface area (Å²) in [6, 6.07) is 15.5. The van der Waals surface area contributed by atoms with E-state index in [0.717, 1.165) is 0 Å². The molecule has 0 spiro atoms. The number of hydrogen-bond acceptors (Lipinski definition) is 6. The van der Waals surface area contributed by atoms with Crippen LogP contribution in [0.1, 0.15) is 25.0 Å². The first-order valence-electron chi connectivity index (χ1n) is 12.3. The summed E-state index contributed by atoms with van der Waals surface area (Å²) in [5.74, 6) is -2.60. The number of nitriles is 1. The predicted octanol–water partition coefficient (Wildman–Crippen LogP) is 2.56. The van der Waals surface area contributed by atoms with E-state index < -0.39 is 43.6 Å². The molecule has 0 bridgehead atoms. The minimum absolute atomic E-state index is 0.0366. The van der Waals surface area contributed by atoms with Crippen LogP contribution in [0.15, 0.2) is 66.2 Å². The van der Waals surface area contributed by atoms with Crippen molar-refractivity contribution in [3.8, 4) is 6.07 Å². The van der Waals surface area contributed by atoms with Gasteiger partial charge >= 0.3 is 13.3 Å². The lowest BCUT2D eigenvalue weighted by Crippen LogP contribution is -2.55. The molecule has 0 aliphatic carbocycles. The van der Waals surface area contributed by atoms with E-state index in [0.29, 0.717) is 16.8 Å². The molecule has 0 radical (unpaired) electrons. The smallest absolute Gasteiger partial charge is 0.426 e. The van der Waals surface area contributed by atoms with Gasteiger partial charge < -0.3 is 20.3 Å². The number of halogens is 3. The molecule has 39 heavy (non-hydrogen) atoms. The third-order valence-corrected chi connectivity index (χ3v) is 5.74. The molecule has 1 unspecified atom stereocenters. The lowest BCUT2D eigenvalue weighted by molar-refractivity contribution is -0.132. The topological polar surface area (TPSA) is 126 Å². The van der Waals surface area contributed by atoms with Gasteiger partial charge in [-0.05, 0) is 42.0 Å². The van der Waals surface area contributed by atoms with Crippen molar-refractivity contribution in [2.45, 2.75) is 44.8 Å². The van der Waals surface area contributed by atoms with Crippen LogP contribution in [0.25, 0.3) is 0 Å². The zero-order valence-corrected chi connectivity index (χ0v) is 21.9. The SMILES string of the molecule is CC(C)C=C(C#N)C(=O)N(C)c1cccc(CC(NCC(F)(F)F)C(=O)N[C@@H](Cc2ccccc2)B(O)O)c1. The molecule has 0 heterocycles. The molecule has 0 saturated carbocycles. The standard InChI is InChI=1S/C27H32BF3N4O4/c1-18(2)12-21(16-32)26(37)35(3)22-11-7-10-20(13-22)14-23(33-17-27(29,30)31)25(36)34-24(28(38)39)15-19-8-5-4-6-9-19/h4-13,18,23-24,33,38-39H,14-15,17H2,1-3H3,(H,34,36)/t23?,24-/m0/s1. The summed E-state index contributed by atoms with van der Waals surface area (Å²) in [4.78, 5) is 27.1. The molecule has 2 rings (SSSR count). The fourth-order valence-corrected chi connectivity index (χ4v) is 3.79. The fourth-order valence-electron chi connectivity index (χ4n) is 3.79. The van der Waals surface area contributed by atoms with E-state index in [4.69, 9.17) is 0 Å². The first kappa shape index (κ1) is 31.6. The van der Waals surface area contributed by atoms with Crippen molar-refractivity contribution < 1.29 is 32.8 Å². The van der Waals surface area contributed by atoms with Gasteiger partial charge in [0.05, 0.1) is 18.5 Å². The number of carbonyl (C=O) groups is 2. The zero-order chi connectivity index (χ0) is 29.2. The van der Waals surface area contributed by atoms with Crippen LogP contribution in [0.4, 0.5) is 18.9 Å². The van der Waals surface area contributed by atoms with Gasteiger partial charge in [0.2, 0.25) is 5.91 Å². The highest BCUT2D eigenvalue weighted by Gasteiger charge is 2.33. The van der Waals surface area contributed by atoms with Crippen LogP contribution < -0.4 is 15.5 Å². The van der Waals surface area contributed by atoms with Crippen LogP contribution in [0, 0.1) is 17.2 Å². The Bertz CT molecular complexity index is 1180. The molecular weight excluding hydrogens is 512 g/mol. The van der Waals surface area contributed by atoms with Gasteiger partial charge in [-0.1, -0.05) is 62.4 Å². The monoisotopic (exact) mass is 544 g/mol. The lowest BCUT2D eigenvalue weighted by atomic mass is 9.75. The number of rotatable bonds is 12. The highest BCUT2D eigenvalue weighted by Crippen LogP contribution is 2.20. The summed E-state index contributed by atoms with van der Waals surface area (Å²) in [7, 11) is -0.482. The highest BCUT2D eigenvalue weighted by atomic mass is 19.4. The van der Waals surface area contributed by atoms with E-state index in [1.165, 1.54) is 18.0 Å². The predicted molar refractivity (Wildman–Crippen MR) is 142 cm³/mol. The Morgan fingerprint density at radius 1 is 1.08 bits per heavy atom. The summed E-state index contributed by atoms with van der Waals surface area (Å²) < 4.78 is 39.0. The average molecular weight is 544 g/mol. The normalized spacial score (nSPS) is 13.4. The fraction of sp³-hybridized carbons (Fsp3) is 0.370. The summed E-state index contributed by atoms with van der Waals surface area (Å²) in [5.41, 5.74) is 1.47. The molecule has 208 valence electrons. The van der Waals surface area contributed by atoms with Gasteiger partial charge in [-0.15, -0.1) is 0 Å². The van der Waals surface area contributed by atoms with Crippen LogP contribution in [0.3, 0.4) is 0 Å². The largest absolute Gasteiger partial charge is 0.475 e. The molecule has 0 aliphatic heterocycles. The van der Waals surface area contributed by atoms with E-state index in [1.54, 1.807) is 54.6 Å². The van der Waals surface area contributed by atoms with Crippen molar-refractivity contribution in [2.75, 3.05) is 18.5 Å². The Kier molecular flexibility index (Phi) is 11.7. The molecule has 0 aliphatic rings. The molecule has 0 saturated heterocycles. The van der Waals surface area contributed by atoms with Gasteiger partial charge in [-0.2, -0.15) is 18.4 Å². The Morgan fingerprint density at radius 3 is 2.28 bits per heavy atom. The Morgan fingerprint density at radius 2 is 1.72 bits per heavy atom. The number of benzene rings is 2. The number of allylic oxidation sites excluding steroid dienone is 1. The van der Waals surface area contributed by atoms with Gasteiger partial charge in [-0.25, -0.2) is 0 Å². The first-order chi connectivity index (χ1) is 18.3. The van der Waals surface area contributed by atoms with Crippen molar-refractivity contribution >= 4 is 24.6 Å². The van der Waals surface area contributed by atoms with E-state index in [-0.39, 0.29) is 24.3 Å². The van der Waals surface area contributed by atoms with Crippen LogP contribution in [0.2, 0.25) is 0 Å². The minimum atomic E-state index is -4.59. The molecular formula is C27H32BF3N4O4. The number of nitrogens with zero attached hydrogens (tertiary/aromatic N) is 2. The highest BCUT2D eigenvalue weighted by molar-refractivity contribution is 6.43. The maximum Gasteiger partial charge on any atom is 0.475 e. The maximum absolute atomic E-state index is 13.1. The second kappa shape index (κ2) is 14.5. The van der Waals surface area contributed by atoms with E-state index in [9.17, 15) is 38.1 Å². The minimum Gasteiger partial charge on any atom is -0.426 e. The van der Waals surface area contributed by atoms with Crippen LogP contribution in [-0.4, -0.2) is 60.7 Å². The number of anilines is 1. The molecule has 2 aromatic carbocycles. The molecule has 0 fully saturated rings. The van der Waals surface area contributed by atoms with Crippen molar-refractivity contribution in [1.82, 2.24) is 10.6 Å². The van der Waals surface area contributed by atoms with Crippen molar-refractivity contribution in [3.05, 3.63) is 77.4 Å². The molecule has 12 heteroatoms. The zero-order valence-electron chi connectivity index (χ0n) is 21.9. The molecule has 0 aromatic heterocycles. The molecule has 2 amide bonds. The first-order valence-corrected chi connectivity index (χ1v) is 12.3. The Hall–Kier alpha value is -3.66. The second-order valence-electron chi connectivity index (χ2n) is 9.44. The summed E-state index contributed by atoms with van der Waals surface area (Å²) >= 11 is 0. The third kappa shape index (κ3) is 10.6. The molecule has 8 nitrogen and oxygen atoms in total. The van der Waals surface area contributed by atoms with Gasteiger partial charge in [-0.3, -0.25) is 14.9 Å². The quantitative estimate of drug-likeness (QED) is 0.185. The van der Waals surface area contributed by atoms with Gasteiger partial charge in [0, 0.05) is 12.7 Å². The molecule has 4 N–H and O–H groups in total. The van der Waals surface area contributed by atoms with Crippen molar-refractivity contribution in [2.24, 2.45) is 5.92 Å². The molecule has 2 aromatic rings. The van der Waals surface area contributed by atoms with Crippen molar-refractivity contribution in [3.63, 3.8) is 0 Å². The maximum atomic E-state index is 13.1. The number of likely N-dealkylation sites (N-methyl/N-ethyl adjacent to an activating group) is 1. The van der Waals surface area contributed by atoms with Gasteiger partial charge in [0.15, 0.2) is 0 Å². The Balaban J connectivity index is 2.26. The van der Waals surface area contributed by atoms with Gasteiger partial charge in [0.25, 0.3) is 5.91 Å². The lowest BCUT2D eigenvalue weighted by Gasteiger charge is -2.24. The number of nitrogens with one attached hydrogen (secondary N) is 2. The van der Waals surface area contributed by atoms with Crippen LogP contribution in [0.5, 0.6) is 0 Å². The summed E-state index contributed by atoms with van der Waals surface area (Å²) in [5, 5.41) is 33.6. The summed E-state index contributed by atoms with van der Waals surface area (Å²) in [6.45, 7) is 2.20. The van der Waals surface area contributed by atoms with Crippen molar-refractivity contribution in [1.29, 1.82) is 5.26 Å². The van der Waals surface area contributed by atoms with E-state index in [1.807, 2.05) is 19.9 Å².